The number of carbonyl (C=O) groups excluding carboxylic acids is 1. The lowest BCUT2D eigenvalue weighted by Gasteiger charge is -2.14. The van der Waals surface area contributed by atoms with Crippen LogP contribution in [0.1, 0.15) is 46.0 Å². The highest BCUT2D eigenvalue weighted by Gasteiger charge is 2.28. The van der Waals surface area contributed by atoms with E-state index in [-0.39, 0.29) is 48.0 Å². The van der Waals surface area contributed by atoms with Gasteiger partial charge in [-0.2, -0.15) is 0 Å². The highest BCUT2D eigenvalue weighted by atomic mass is 127. The van der Waals surface area contributed by atoms with E-state index in [1.807, 2.05) is 38.1 Å². The van der Waals surface area contributed by atoms with Crippen molar-refractivity contribution in [3.05, 3.63) is 24.3 Å². The van der Waals surface area contributed by atoms with Crippen molar-refractivity contribution in [1.29, 1.82) is 0 Å². The van der Waals surface area contributed by atoms with E-state index in [0.717, 1.165) is 50.1 Å². The first-order chi connectivity index (χ1) is 15.6. The fourth-order valence-electron chi connectivity index (χ4n) is 3.37. The summed E-state index contributed by atoms with van der Waals surface area (Å²) in [6.45, 7) is 8.01. The third-order valence-electron chi connectivity index (χ3n) is 5.20. The Morgan fingerprint density at radius 3 is 2.58 bits per heavy atom. The second-order valence-corrected chi connectivity index (χ2v) is 8.60. The van der Waals surface area contributed by atoms with Gasteiger partial charge in [-0.05, 0) is 70.2 Å². The maximum absolute atomic E-state index is 11.8. The lowest BCUT2D eigenvalue weighted by molar-refractivity contribution is -0.122. The number of nitrogens with one attached hydrogen (secondary N) is 3. The number of ether oxygens (including phenoxy) is 3. The van der Waals surface area contributed by atoms with Gasteiger partial charge in [0.2, 0.25) is 5.91 Å². The summed E-state index contributed by atoms with van der Waals surface area (Å²) in [5, 5.41) is 9.59. The van der Waals surface area contributed by atoms with E-state index < -0.39 is 0 Å². The first-order valence-corrected chi connectivity index (χ1v) is 11.9. The lowest BCUT2D eigenvalue weighted by atomic mass is 10.2. The monoisotopic (exact) mass is 574 g/mol. The molecule has 1 unspecified atom stereocenters. The number of carbonyl (C=O) groups is 1. The molecule has 1 amide bonds. The van der Waals surface area contributed by atoms with E-state index in [9.17, 15) is 4.79 Å². The number of benzene rings is 1. The first kappa shape index (κ1) is 27.7. The quantitative estimate of drug-likeness (QED) is 0.145. The molecular formula is C24H39IN4O4. The average molecular weight is 575 g/mol. The molecule has 1 aliphatic carbocycles. The van der Waals surface area contributed by atoms with Crippen LogP contribution in [0.15, 0.2) is 29.3 Å². The van der Waals surface area contributed by atoms with Gasteiger partial charge < -0.3 is 30.2 Å². The largest absolute Gasteiger partial charge is 0.491 e. The third kappa shape index (κ3) is 11.4. The smallest absolute Gasteiger partial charge is 0.223 e. The molecule has 0 spiro atoms. The zero-order valence-corrected chi connectivity index (χ0v) is 22.1. The van der Waals surface area contributed by atoms with Gasteiger partial charge in [0.15, 0.2) is 5.96 Å². The van der Waals surface area contributed by atoms with Crippen LogP contribution in [-0.2, 0) is 14.3 Å². The summed E-state index contributed by atoms with van der Waals surface area (Å²) in [7, 11) is 0. The summed E-state index contributed by atoms with van der Waals surface area (Å²) in [5.74, 6) is 1.90. The number of guanidine groups is 1. The normalized spacial score (nSPS) is 18.0. The molecule has 2 fully saturated rings. The third-order valence-corrected chi connectivity index (χ3v) is 5.20. The summed E-state index contributed by atoms with van der Waals surface area (Å²) in [6.07, 6.45) is 5.47. The number of aliphatic imine (C=N–C) groups is 1. The summed E-state index contributed by atoms with van der Waals surface area (Å²) in [6, 6.07) is 7.81. The Bertz CT molecular complexity index is 720. The fraction of sp³-hybridized carbons (Fsp3) is 0.667. The second kappa shape index (κ2) is 15.3. The SMILES string of the molecule is CC(C)Oc1ccc(NC(=NCCCOCC2CCCO2)NCCNC(=O)C2CC2)cc1.I. The van der Waals surface area contributed by atoms with Gasteiger partial charge in [-0.3, -0.25) is 9.79 Å². The Morgan fingerprint density at radius 2 is 1.91 bits per heavy atom. The van der Waals surface area contributed by atoms with Crippen LogP contribution in [0.25, 0.3) is 0 Å². The molecule has 186 valence electrons. The Kier molecular flexibility index (Phi) is 12.9. The van der Waals surface area contributed by atoms with Crippen molar-refractivity contribution in [3.8, 4) is 5.75 Å². The number of rotatable bonds is 13. The van der Waals surface area contributed by atoms with Crippen LogP contribution in [0.2, 0.25) is 0 Å². The van der Waals surface area contributed by atoms with E-state index in [0.29, 0.717) is 38.8 Å². The summed E-state index contributed by atoms with van der Waals surface area (Å²) in [4.78, 5) is 16.5. The van der Waals surface area contributed by atoms with Gasteiger partial charge in [-0.15, -0.1) is 24.0 Å². The number of amides is 1. The molecule has 9 heteroatoms. The summed E-state index contributed by atoms with van der Waals surface area (Å²) in [5.41, 5.74) is 0.920. The van der Waals surface area contributed by atoms with Crippen molar-refractivity contribution in [2.75, 3.05) is 44.8 Å². The van der Waals surface area contributed by atoms with Gasteiger partial charge in [0.05, 0.1) is 18.8 Å². The van der Waals surface area contributed by atoms with Gasteiger partial charge in [-0.1, -0.05) is 0 Å². The molecule has 1 saturated carbocycles. The Balaban J connectivity index is 0.00000385. The average Bonchev–Trinajstić information content (AvgIpc) is 3.50. The van der Waals surface area contributed by atoms with E-state index in [1.54, 1.807) is 0 Å². The van der Waals surface area contributed by atoms with E-state index in [1.165, 1.54) is 0 Å². The Labute approximate surface area is 214 Å². The zero-order valence-electron chi connectivity index (χ0n) is 19.8. The summed E-state index contributed by atoms with van der Waals surface area (Å²) >= 11 is 0. The van der Waals surface area contributed by atoms with Crippen molar-refractivity contribution >= 4 is 41.5 Å². The standard InChI is InChI=1S/C24H38N4O4.HI/c1-18(2)32-21-10-8-20(9-11-21)28-24(27-14-13-25-23(29)19-6-7-19)26-12-4-15-30-17-22-5-3-16-31-22;/h8-11,18-19,22H,3-7,12-17H2,1-2H3,(H,25,29)(H2,26,27,28);1H. The maximum Gasteiger partial charge on any atom is 0.223 e. The van der Waals surface area contributed by atoms with Crippen LogP contribution >= 0.6 is 24.0 Å². The molecule has 1 saturated heterocycles. The molecule has 3 rings (SSSR count). The number of hydrogen-bond donors (Lipinski definition) is 3. The van der Waals surface area contributed by atoms with Crippen molar-refractivity contribution < 1.29 is 19.0 Å². The highest BCUT2D eigenvalue weighted by Crippen LogP contribution is 2.28. The van der Waals surface area contributed by atoms with Crippen LogP contribution in [0.3, 0.4) is 0 Å². The number of halogens is 1. The van der Waals surface area contributed by atoms with Gasteiger partial charge >= 0.3 is 0 Å². The minimum absolute atomic E-state index is 0. The van der Waals surface area contributed by atoms with Crippen molar-refractivity contribution in [3.63, 3.8) is 0 Å². The van der Waals surface area contributed by atoms with Crippen LogP contribution in [0.4, 0.5) is 5.69 Å². The predicted octanol–water partition coefficient (Wildman–Crippen LogP) is 3.56. The molecule has 1 aromatic carbocycles. The van der Waals surface area contributed by atoms with Crippen LogP contribution in [0, 0.1) is 5.92 Å². The van der Waals surface area contributed by atoms with Crippen molar-refractivity contribution in [1.82, 2.24) is 10.6 Å². The van der Waals surface area contributed by atoms with Crippen LogP contribution in [0.5, 0.6) is 5.75 Å². The van der Waals surface area contributed by atoms with E-state index in [4.69, 9.17) is 14.2 Å². The zero-order chi connectivity index (χ0) is 22.6. The van der Waals surface area contributed by atoms with E-state index >= 15 is 0 Å². The molecule has 2 aliphatic rings. The molecule has 1 aromatic rings. The number of hydrogen-bond acceptors (Lipinski definition) is 5. The lowest BCUT2D eigenvalue weighted by Crippen LogP contribution is -2.38. The van der Waals surface area contributed by atoms with Gasteiger partial charge in [0, 0.05) is 44.5 Å². The highest BCUT2D eigenvalue weighted by molar-refractivity contribution is 14.0. The van der Waals surface area contributed by atoms with Crippen molar-refractivity contribution in [2.24, 2.45) is 10.9 Å². The molecule has 0 radical (unpaired) electrons. The predicted molar refractivity (Wildman–Crippen MR) is 142 cm³/mol. The van der Waals surface area contributed by atoms with Crippen molar-refractivity contribution in [2.45, 2.75) is 58.2 Å². The topological polar surface area (TPSA) is 93.2 Å². The molecule has 1 aliphatic heterocycles. The molecule has 8 nitrogen and oxygen atoms in total. The molecule has 3 N–H and O–H groups in total. The Hall–Kier alpha value is -1.59. The fourth-order valence-corrected chi connectivity index (χ4v) is 3.37. The van der Waals surface area contributed by atoms with Crippen LogP contribution in [-0.4, -0.2) is 63.5 Å². The minimum Gasteiger partial charge on any atom is -0.491 e. The molecule has 0 aromatic heterocycles. The number of nitrogens with zero attached hydrogens (tertiary/aromatic N) is 1. The second-order valence-electron chi connectivity index (χ2n) is 8.60. The molecule has 0 bridgehead atoms. The maximum atomic E-state index is 11.8. The number of anilines is 1. The molecule has 33 heavy (non-hydrogen) atoms. The van der Waals surface area contributed by atoms with Gasteiger partial charge in [0.1, 0.15) is 5.75 Å². The van der Waals surface area contributed by atoms with Gasteiger partial charge in [-0.25, -0.2) is 0 Å². The molecule has 1 atom stereocenters. The molecule has 1 heterocycles. The molecular weight excluding hydrogens is 535 g/mol. The van der Waals surface area contributed by atoms with Gasteiger partial charge in [0.25, 0.3) is 0 Å². The van der Waals surface area contributed by atoms with E-state index in [2.05, 4.69) is 20.9 Å². The first-order valence-electron chi connectivity index (χ1n) is 11.9. The van der Waals surface area contributed by atoms with Crippen LogP contribution < -0.4 is 20.7 Å². The minimum atomic E-state index is 0. The summed E-state index contributed by atoms with van der Waals surface area (Å²) < 4.78 is 17.0. The Morgan fingerprint density at radius 1 is 1.15 bits per heavy atom.